The Morgan fingerprint density at radius 3 is 1.82 bits per heavy atom. The van der Waals surface area contributed by atoms with Crippen LogP contribution < -0.4 is 4.74 Å². The number of aliphatic hydroxyl groups excluding tert-OH is 1. The average Bonchev–Trinajstić information content (AvgIpc) is 2.70. The summed E-state index contributed by atoms with van der Waals surface area (Å²) in [6, 6.07) is 16.0. The minimum absolute atomic E-state index is 0.00371. The van der Waals surface area contributed by atoms with Crippen LogP contribution in [0.2, 0.25) is 0 Å². The summed E-state index contributed by atoms with van der Waals surface area (Å²) >= 11 is -0.706. The second-order valence-electron chi connectivity index (χ2n) is 4.78. The van der Waals surface area contributed by atoms with Gasteiger partial charge in [-0.1, -0.05) is 18.2 Å². The van der Waals surface area contributed by atoms with Gasteiger partial charge in [0.05, 0.1) is 18.7 Å². The van der Waals surface area contributed by atoms with E-state index in [0.717, 1.165) is 0 Å². The number of halogens is 2. The van der Waals surface area contributed by atoms with E-state index in [9.17, 15) is 9.90 Å². The Bertz CT molecular complexity index is 645. The van der Waals surface area contributed by atoms with Gasteiger partial charge in [0.25, 0.3) is 0 Å². The molecule has 0 radical (unpaired) electrons. The maximum absolute atomic E-state index is 9.96. The molecule has 155 valence electrons. The summed E-state index contributed by atoms with van der Waals surface area (Å²) in [4.78, 5) is 9.91. The van der Waals surface area contributed by atoms with Gasteiger partial charge in [0.15, 0.2) is 0 Å². The molecule has 6 N–H and O–H groups in total. The van der Waals surface area contributed by atoms with E-state index < -0.39 is 17.6 Å². The molecule has 0 amide bonds. The summed E-state index contributed by atoms with van der Waals surface area (Å²) in [6.45, 7) is 4.58. The van der Waals surface area contributed by atoms with Crippen molar-refractivity contribution in [1.82, 2.24) is 0 Å². The molecular weight excluding hydrogens is 484 g/mol. The molecule has 2 aromatic rings. The summed E-state index contributed by atoms with van der Waals surface area (Å²) < 4.78 is 5.04. The van der Waals surface area contributed by atoms with Gasteiger partial charge < -0.3 is 20.1 Å². The predicted molar refractivity (Wildman–Crippen MR) is 116 cm³/mol. The molecule has 0 spiro atoms. The summed E-state index contributed by atoms with van der Waals surface area (Å²) in [7, 11) is 11.4. The van der Waals surface area contributed by atoms with E-state index in [1.165, 1.54) is 6.08 Å². The molecule has 0 heterocycles. The van der Waals surface area contributed by atoms with Crippen LogP contribution in [0.4, 0.5) is 0 Å². The fourth-order valence-electron chi connectivity index (χ4n) is 1.67. The molecule has 2 aromatic carbocycles. The quantitative estimate of drug-likeness (QED) is 0.220. The first-order valence-electron chi connectivity index (χ1n) is 8.33. The van der Waals surface area contributed by atoms with Crippen molar-refractivity contribution >= 4 is 29.9 Å². The fourth-order valence-corrected chi connectivity index (χ4v) is 1.67. The van der Waals surface area contributed by atoms with Crippen LogP contribution in [-0.4, -0.2) is 46.2 Å². The third-order valence-corrected chi connectivity index (χ3v) is 2.73. The second-order valence-corrected chi connectivity index (χ2v) is 8.12. The van der Waals surface area contributed by atoms with Crippen LogP contribution in [0.25, 0.3) is 5.76 Å². The van der Waals surface area contributed by atoms with E-state index in [1.807, 2.05) is 18.2 Å². The zero-order valence-electron chi connectivity index (χ0n) is 16.2. The van der Waals surface area contributed by atoms with Crippen LogP contribution in [-0.2, 0) is 17.6 Å². The van der Waals surface area contributed by atoms with Gasteiger partial charge >= 0.3 is 41.8 Å². The summed E-state index contributed by atoms with van der Waals surface area (Å²) in [5, 5.41) is 22.4. The van der Waals surface area contributed by atoms with Crippen LogP contribution >= 0.6 is 18.4 Å². The molecule has 0 atom stereocenters. The van der Waals surface area contributed by atoms with E-state index >= 15 is 0 Å². The zero-order chi connectivity index (χ0) is 21.8. The van der Waals surface area contributed by atoms with Crippen LogP contribution in [0.15, 0.2) is 60.7 Å². The number of rotatable bonds is 4. The third kappa shape index (κ3) is 14.7. The molecule has 0 aliphatic heterocycles. The molecule has 0 aromatic heterocycles. The number of hydrogen-bond donors (Lipinski definition) is 1. The van der Waals surface area contributed by atoms with E-state index in [4.69, 9.17) is 33.3 Å². The Balaban J connectivity index is 0. The van der Waals surface area contributed by atoms with Crippen molar-refractivity contribution in [1.29, 1.82) is 0 Å². The monoisotopic (exact) mass is 512 g/mol. The van der Waals surface area contributed by atoms with Gasteiger partial charge in [0.2, 0.25) is 0 Å². The molecule has 0 saturated heterocycles. The molecule has 8 heteroatoms. The number of benzene rings is 2. The van der Waals surface area contributed by atoms with Gasteiger partial charge in [-0.15, -0.1) is 0 Å². The van der Waals surface area contributed by atoms with E-state index in [1.54, 1.807) is 57.4 Å². The first-order chi connectivity index (χ1) is 13.4. The second kappa shape index (κ2) is 20.4. The molecule has 5 nitrogen and oxygen atoms in total. The Morgan fingerprint density at radius 2 is 1.43 bits per heavy atom. The maximum atomic E-state index is 9.96. The normalized spacial score (nSPS) is 9.32. The molecule has 0 fully saturated rings. The van der Waals surface area contributed by atoms with Crippen molar-refractivity contribution < 1.29 is 42.4 Å². The summed E-state index contributed by atoms with van der Waals surface area (Å²) in [6.07, 6.45) is 1.33. The van der Waals surface area contributed by atoms with E-state index in [-0.39, 0.29) is 11.5 Å². The molecule has 0 saturated carbocycles. The van der Waals surface area contributed by atoms with Crippen molar-refractivity contribution in [3.8, 4) is 5.75 Å². The van der Waals surface area contributed by atoms with Crippen molar-refractivity contribution in [2.24, 2.45) is 0 Å². The predicted octanol–water partition coefficient (Wildman–Crippen LogP) is 4.03. The number of hydrogen-bond acceptors (Lipinski definition) is 2. The van der Waals surface area contributed by atoms with Gasteiger partial charge in [0, 0.05) is 19.4 Å². The van der Waals surface area contributed by atoms with E-state index in [2.05, 4.69) is 0 Å². The summed E-state index contributed by atoms with van der Waals surface area (Å²) in [5.41, 5.74) is 1.27. The standard InChI is InChI=1S/C16H14O3.2C2H6O.2ClH.Nb/c1-19-14-9-7-13(8-10-14)16(18)11-15(17)12-5-3-2-4-6-12;2*1-2-3;;;/h2-11,18H,1H3;2*3H,2H2,1H3;2*1H;/q;;;;;+2/p+1/b16-11-;;;;;. The Labute approximate surface area is 183 Å². The average molecular weight is 513 g/mol. The van der Waals surface area contributed by atoms with Gasteiger partial charge in [0.1, 0.15) is 24.7 Å². The van der Waals surface area contributed by atoms with Gasteiger partial charge in [-0.25, -0.2) is 0 Å². The number of allylic oxidation sites excluding steroid dienone is 1. The minimum atomic E-state index is -0.706. The molecule has 0 aliphatic rings. The molecule has 2 rings (SSSR count). The van der Waals surface area contributed by atoms with Crippen molar-refractivity contribution in [3.05, 3.63) is 71.8 Å². The van der Waals surface area contributed by atoms with Crippen LogP contribution in [0.5, 0.6) is 5.75 Å². The van der Waals surface area contributed by atoms with Crippen LogP contribution in [0.3, 0.4) is 0 Å². The Hall–Kier alpha value is -1.31. The first kappa shape index (κ1) is 28.9. The number of aliphatic hydroxyl groups is 1. The SMILES string of the molecule is CC[OH2+].CC[OH2+].COc1ccc(/C(O)=C/C(=[OH+])c2ccccc2)cc1.[Cl][Nb][Cl]. The third-order valence-electron chi connectivity index (χ3n) is 2.73. The number of ether oxygens (including phenoxy) is 1. The summed E-state index contributed by atoms with van der Waals surface area (Å²) in [5.74, 6) is 0.741. The molecule has 0 unspecified atom stereocenters. The number of carbonyl (C=O) groups excluding carboxylic acids is 1. The fraction of sp³-hybridized carbons (Fsp3) is 0.250. The zero-order valence-corrected chi connectivity index (χ0v) is 19.9. The van der Waals surface area contributed by atoms with Crippen molar-refractivity contribution in [3.63, 3.8) is 0 Å². The molecule has 28 heavy (non-hydrogen) atoms. The van der Waals surface area contributed by atoms with Gasteiger partial charge in [-0.2, -0.15) is 0 Å². The van der Waals surface area contributed by atoms with Gasteiger partial charge in [-0.05, 0) is 36.4 Å². The molecular formula is C20H29Cl2NbO5+3. The van der Waals surface area contributed by atoms with Crippen LogP contribution in [0, 0.1) is 0 Å². The molecule has 0 bridgehead atoms. The number of methoxy groups -OCH3 is 1. The van der Waals surface area contributed by atoms with Gasteiger partial charge in [-0.3, -0.25) is 4.79 Å². The molecule has 0 aliphatic carbocycles. The van der Waals surface area contributed by atoms with Crippen LogP contribution in [0.1, 0.15) is 25.0 Å². The Morgan fingerprint density at radius 1 is 1.00 bits per heavy atom. The number of ketones is 1. The van der Waals surface area contributed by atoms with Crippen molar-refractivity contribution in [2.45, 2.75) is 13.8 Å². The van der Waals surface area contributed by atoms with Crippen molar-refractivity contribution in [2.75, 3.05) is 20.3 Å². The Kier molecular flexibility index (Phi) is 21.1. The van der Waals surface area contributed by atoms with E-state index in [0.29, 0.717) is 30.1 Å². The first-order valence-corrected chi connectivity index (χ1v) is 14.0. The topological polar surface area (TPSA) is 96.7 Å².